The average molecular weight is 704 g/mol. The molecule has 0 bridgehead atoms. The molecule has 258 valence electrons. The zero-order valence-corrected chi connectivity index (χ0v) is 29.8. The predicted octanol–water partition coefficient (Wildman–Crippen LogP) is 15.1. The average Bonchev–Trinajstić information content (AvgIpc) is 3.81. The fourth-order valence-corrected chi connectivity index (χ4v) is 8.28. The minimum absolute atomic E-state index is 0.875. The summed E-state index contributed by atoms with van der Waals surface area (Å²) in [7, 11) is 0. The SMILES string of the molecule is c1ccc(-c2ccccc2N(c2ccc(-c3ccc4c(c3)oc3ccccc34)cc2)c2ccccc2-c2cccc3oc4cc5ccccc5cc4c23)cc1. The normalized spacial score (nSPS) is 11.6. The molecule has 0 radical (unpaired) electrons. The molecule has 2 aromatic heterocycles. The van der Waals surface area contributed by atoms with E-state index in [1.54, 1.807) is 0 Å². The van der Waals surface area contributed by atoms with Crippen LogP contribution in [0.4, 0.5) is 17.1 Å². The summed E-state index contributed by atoms with van der Waals surface area (Å²) in [4.78, 5) is 2.40. The van der Waals surface area contributed by atoms with Crippen molar-refractivity contribution in [3.8, 4) is 33.4 Å². The van der Waals surface area contributed by atoms with Gasteiger partial charge in [-0.25, -0.2) is 0 Å². The van der Waals surface area contributed by atoms with E-state index in [0.717, 1.165) is 94.3 Å². The standard InChI is InChI=1S/C52H33NO2/c1-2-13-35(14-3-1)40-17-6-9-21-46(40)53(39-28-25-34(26-29-39)38-27-30-43-42-19-8-11-23-48(42)54-50(43)33-38)47-22-10-7-18-41(47)44-20-12-24-49-52(44)45-31-36-15-4-5-16-37(36)32-51(45)55-49/h1-33H. The van der Waals surface area contributed by atoms with Crippen molar-refractivity contribution in [3.63, 3.8) is 0 Å². The molecule has 0 amide bonds. The van der Waals surface area contributed by atoms with Crippen LogP contribution in [0.2, 0.25) is 0 Å². The van der Waals surface area contributed by atoms with Gasteiger partial charge in [0.1, 0.15) is 22.3 Å². The van der Waals surface area contributed by atoms with Gasteiger partial charge in [-0.05, 0) is 93.7 Å². The van der Waals surface area contributed by atoms with Gasteiger partial charge in [0.2, 0.25) is 0 Å². The summed E-state index contributed by atoms with van der Waals surface area (Å²) in [5.41, 5.74) is 13.6. The van der Waals surface area contributed by atoms with Crippen LogP contribution in [0.25, 0.3) is 88.0 Å². The largest absolute Gasteiger partial charge is 0.456 e. The van der Waals surface area contributed by atoms with E-state index in [1.165, 1.54) is 10.8 Å². The van der Waals surface area contributed by atoms with Crippen molar-refractivity contribution in [2.75, 3.05) is 4.90 Å². The van der Waals surface area contributed by atoms with Crippen molar-refractivity contribution in [3.05, 3.63) is 200 Å². The maximum atomic E-state index is 6.55. The molecule has 0 fully saturated rings. The van der Waals surface area contributed by atoms with E-state index in [4.69, 9.17) is 8.83 Å². The zero-order chi connectivity index (χ0) is 36.3. The van der Waals surface area contributed by atoms with Gasteiger partial charge in [0.05, 0.1) is 11.4 Å². The van der Waals surface area contributed by atoms with Crippen LogP contribution >= 0.6 is 0 Å². The third-order valence-corrected chi connectivity index (χ3v) is 10.9. The maximum Gasteiger partial charge on any atom is 0.136 e. The lowest BCUT2D eigenvalue weighted by Crippen LogP contribution is -2.12. The Morgan fingerprint density at radius 3 is 1.73 bits per heavy atom. The Morgan fingerprint density at radius 1 is 0.309 bits per heavy atom. The highest BCUT2D eigenvalue weighted by molar-refractivity contribution is 6.17. The number of rotatable bonds is 6. The van der Waals surface area contributed by atoms with Gasteiger partial charge >= 0.3 is 0 Å². The third kappa shape index (κ3) is 5.20. The van der Waals surface area contributed by atoms with Gasteiger partial charge in [-0.1, -0.05) is 140 Å². The molecular formula is C52H33NO2. The molecule has 0 saturated carbocycles. The fourth-order valence-electron chi connectivity index (χ4n) is 8.28. The summed E-state index contributed by atoms with van der Waals surface area (Å²) in [5.74, 6) is 0. The molecule has 2 heterocycles. The van der Waals surface area contributed by atoms with Crippen LogP contribution in [0, 0.1) is 0 Å². The first kappa shape index (κ1) is 31.2. The van der Waals surface area contributed by atoms with Gasteiger partial charge < -0.3 is 13.7 Å². The predicted molar refractivity (Wildman–Crippen MR) is 229 cm³/mol. The van der Waals surface area contributed by atoms with Gasteiger partial charge in [0, 0.05) is 38.4 Å². The van der Waals surface area contributed by atoms with E-state index < -0.39 is 0 Å². The summed E-state index contributed by atoms with van der Waals surface area (Å²) < 4.78 is 12.8. The number of nitrogens with zero attached hydrogens (tertiary/aromatic N) is 1. The van der Waals surface area contributed by atoms with Crippen molar-refractivity contribution in [2.45, 2.75) is 0 Å². The van der Waals surface area contributed by atoms with Gasteiger partial charge in [0.15, 0.2) is 0 Å². The zero-order valence-electron chi connectivity index (χ0n) is 29.8. The van der Waals surface area contributed by atoms with Crippen LogP contribution in [0.15, 0.2) is 209 Å². The summed E-state index contributed by atoms with van der Waals surface area (Å²) in [6.07, 6.45) is 0. The van der Waals surface area contributed by atoms with Gasteiger partial charge in [0.25, 0.3) is 0 Å². The molecule has 3 nitrogen and oxygen atoms in total. The Hall–Kier alpha value is -7.36. The number of anilines is 3. The van der Waals surface area contributed by atoms with E-state index >= 15 is 0 Å². The number of hydrogen-bond acceptors (Lipinski definition) is 3. The summed E-state index contributed by atoms with van der Waals surface area (Å²) >= 11 is 0. The van der Waals surface area contributed by atoms with Crippen molar-refractivity contribution >= 4 is 71.7 Å². The lowest BCUT2D eigenvalue weighted by molar-refractivity contribution is 0.669. The number of furan rings is 2. The van der Waals surface area contributed by atoms with Gasteiger partial charge in [-0.2, -0.15) is 0 Å². The fraction of sp³-hybridized carbons (Fsp3) is 0. The van der Waals surface area contributed by atoms with Crippen LogP contribution in [0.5, 0.6) is 0 Å². The van der Waals surface area contributed by atoms with Gasteiger partial charge in [-0.3, -0.25) is 0 Å². The van der Waals surface area contributed by atoms with Crippen molar-refractivity contribution < 1.29 is 8.83 Å². The number of hydrogen-bond donors (Lipinski definition) is 0. The molecule has 11 rings (SSSR count). The first-order chi connectivity index (χ1) is 27.3. The molecule has 0 aliphatic heterocycles. The molecule has 0 spiro atoms. The molecule has 9 aromatic carbocycles. The Bertz CT molecular complexity index is 3210. The van der Waals surface area contributed by atoms with Crippen LogP contribution < -0.4 is 4.90 Å². The van der Waals surface area contributed by atoms with E-state index in [2.05, 4.69) is 193 Å². The number of benzene rings is 9. The third-order valence-electron chi connectivity index (χ3n) is 10.9. The van der Waals surface area contributed by atoms with E-state index in [0.29, 0.717) is 0 Å². The van der Waals surface area contributed by atoms with Crippen molar-refractivity contribution in [2.24, 2.45) is 0 Å². The quantitative estimate of drug-likeness (QED) is 0.173. The van der Waals surface area contributed by atoms with Crippen LogP contribution in [0.3, 0.4) is 0 Å². The monoisotopic (exact) mass is 703 g/mol. The van der Waals surface area contributed by atoms with Crippen molar-refractivity contribution in [1.29, 1.82) is 0 Å². The molecule has 55 heavy (non-hydrogen) atoms. The minimum Gasteiger partial charge on any atom is -0.456 e. The first-order valence-electron chi connectivity index (χ1n) is 18.7. The molecule has 0 N–H and O–H groups in total. The van der Waals surface area contributed by atoms with E-state index in [-0.39, 0.29) is 0 Å². The molecule has 3 heteroatoms. The molecule has 0 saturated heterocycles. The van der Waals surface area contributed by atoms with Gasteiger partial charge in [-0.15, -0.1) is 0 Å². The topological polar surface area (TPSA) is 29.5 Å². The van der Waals surface area contributed by atoms with Crippen LogP contribution in [-0.4, -0.2) is 0 Å². The van der Waals surface area contributed by atoms with Crippen LogP contribution in [-0.2, 0) is 0 Å². The molecule has 0 unspecified atom stereocenters. The highest BCUT2D eigenvalue weighted by Gasteiger charge is 2.23. The summed E-state index contributed by atoms with van der Waals surface area (Å²) in [6.45, 7) is 0. The molecular weight excluding hydrogens is 671 g/mol. The summed E-state index contributed by atoms with van der Waals surface area (Å²) in [6, 6.07) is 71.0. The molecule has 0 atom stereocenters. The second-order valence-electron chi connectivity index (χ2n) is 14.1. The highest BCUT2D eigenvalue weighted by Crippen LogP contribution is 2.47. The van der Waals surface area contributed by atoms with Crippen molar-refractivity contribution in [1.82, 2.24) is 0 Å². The Labute approximate surface area is 317 Å². The number of fused-ring (bicyclic) bond motifs is 7. The smallest absolute Gasteiger partial charge is 0.136 e. The lowest BCUT2D eigenvalue weighted by atomic mass is 9.95. The number of para-hydroxylation sites is 3. The first-order valence-corrected chi connectivity index (χ1v) is 18.7. The second kappa shape index (κ2) is 12.6. The van der Waals surface area contributed by atoms with E-state index in [1.807, 2.05) is 12.1 Å². The van der Waals surface area contributed by atoms with E-state index in [9.17, 15) is 0 Å². The molecule has 11 aromatic rings. The Morgan fingerprint density at radius 2 is 0.891 bits per heavy atom. The lowest BCUT2D eigenvalue weighted by Gasteiger charge is -2.30. The summed E-state index contributed by atoms with van der Waals surface area (Å²) in [5, 5.41) is 6.85. The Balaban J connectivity index is 1.10. The minimum atomic E-state index is 0.875. The maximum absolute atomic E-state index is 6.55. The Kier molecular flexibility index (Phi) is 7.17. The second-order valence-corrected chi connectivity index (χ2v) is 14.1. The highest BCUT2D eigenvalue weighted by atomic mass is 16.3. The molecule has 0 aliphatic carbocycles. The molecule has 0 aliphatic rings. The van der Waals surface area contributed by atoms with Crippen LogP contribution in [0.1, 0.15) is 0 Å².